The summed E-state index contributed by atoms with van der Waals surface area (Å²) in [5, 5.41) is 4.43. The van der Waals surface area contributed by atoms with Crippen LogP contribution in [-0.4, -0.2) is 9.78 Å². The number of nitrogens with zero attached hydrogens (tertiary/aromatic N) is 1. The Labute approximate surface area is 115 Å². The second-order valence-electron chi connectivity index (χ2n) is 4.14. The zero-order valence-electron chi connectivity index (χ0n) is 9.50. The highest BCUT2D eigenvalue weighted by molar-refractivity contribution is 7.71. The first-order chi connectivity index (χ1) is 7.99. The molecule has 2 aromatic rings. The molecule has 1 aromatic heterocycles. The third kappa shape index (κ3) is 2.57. The van der Waals surface area contributed by atoms with Gasteiger partial charge >= 0.3 is 0 Å². The Morgan fingerprint density at radius 2 is 1.94 bits per heavy atom. The molecule has 0 amide bonds. The highest BCUT2D eigenvalue weighted by Crippen LogP contribution is 2.25. The number of hydrogen-bond donors (Lipinski definition) is 1. The van der Waals surface area contributed by atoms with E-state index in [0.29, 0.717) is 20.6 Å². The minimum absolute atomic E-state index is 0.393. The Morgan fingerprint density at radius 1 is 1.24 bits per heavy atom. The normalized spacial score (nSPS) is 11.1. The van der Waals surface area contributed by atoms with Gasteiger partial charge in [0.25, 0.3) is 0 Å². The second kappa shape index (κ2) is 4.84. The highest BCUT2D eigenvalue weighted by atomic mass is 35.5. The van der Waals surface area contributed by atoms with Gasteiger partial charge in [-0.05, 0) is 30.2 Å². The van der Waals surface area contributed by atoms with Crippen LogP contribution in [0.25, 0.3) is 5.69 Å². The molecule has 1 aromatic carbocycles. The van der Waals surface area contributed by atoms with Gasteiger partial charge in [-0.3, -0.25) is 5.10 Å². The molecular weight excluding hydrogens is 275 g/mol. The lowest BCUT2D eigenvalue weighted by Crippen LogP contribution is -1.99. The van der Waals surface area contributed by atoms with E-state index in [2.05, 4.69) is 18.9 Å². The van der Waals surface area contributed by atoms with E-state index in [9.17, 15) is 0 Å². The maximum atomic E-state index is 6.15. The van der Waals surface area contributed by atoms with Crippen LogP contribution in [0, 0.1) is 4.64 Å². The number of nitrogens with one attached hydrogen (secondary N) is 1. The predicted molar refractivity (Wildman–Crippen MR) is 75.1 cm³/mol. The molecule has 0 atom stereocenters. The van der Waals surface area contributed by atoms with Gasteiger partial charge in [0.05, 0.1) is 10.7 Å². The van der Waals surface area contributed by atoms with Crippen molar-refractivity contribution in [1.82, 2.24) is 9.78 Å². The molecule has 1 N–H and O–H groups in total. The van der Waals surface area contributed by atoms with Crippen LogP contribution < -0.4 is 0 Å². The van der Waals surface area contributed by atoms with Gasteiger partial charge in [-0.2, -0.15) is 0 Å². The van der Waals surface area contributed by atoms with Crippen molar-refractivity contribution in [3.8, 4) is 5.69 Å². The maximum absolute atomic E-state index is 6.15. The molecule has 17 heavy (non-hydrogen) atoms. The quantitative estimate of drug-likeness (QED) is 0.774. The molecule has 90 valence electrons. The van der Waals surface area contributed by atoms with Gasteiger partial charge in [-0.1, -0.05) is 49.3 Å². The summed E-state index contributed by atoms with van der Waals surface area (Å²) in [5.41, 5.74) is 1.90. The van der Waals surface area contributed by atoms with Crippen LogP contribution in [0.4, 0.5) is 0 Å². The van der Waals surface area contributed by atoms with Crippen molar-refractivity contribution in [2.24, 2.45) is 0 Å². The van der Waals surface area contributed by atoms with Crippen molar-refractivity contribution in [2.45, 2.75) is 19.8 Å². The number of hydrogen-bond acceptors (Lipinski definition) is 1. The first-order valence-electron chi connectivity index (χ1n) is 5.26. The molecule has 0 aliphatic carbocycles. The van der Waals surface area contributed by atoms with Gasteiger partial charge in [-0.25, -0.2) is 4.68 Å². The zero-order chi connectivity index (χ0) is 12.6. The van der Waals surface area contributed by atoms with Crippen LogP contribution in [0.5, 0.6) is 0 Å². The van der Waals surface area contributed by atoms with Crippen molar-refractivity contribution in [3.05, 3.63) is 44.6 Å². The molecule has 2 nitrogen and oxygen atoms in total. The summed E-state index contributed by atoms with van der Waals surface area (Å²) < 4.78 is 2.50. The largest absolute Gasteiger partial charge is 0.297 e. The SMILES string of the molecule is CC(C)c1cc(=S)n(-c2ccc(Cl)cc2Cl)[nH]1. The summed E-state index contributed by atoms with van der Waals surface area (Å²) in [5.74, 6) is 0.393. The molecular formula is C12H12Cl2N2S. The molecule has 0 bridgehead atoms. The lowest BCUT2D eigenvalue weighted by atomic mass is 10.1. The Morgan fingerprint density at radius 3 is 2.47 bits per heavy atom. The number of H-pyrrole nitrogens is 1. The van der Waals surface area contributed by atoms with Crippen LogP contribution in [0.15, 0.2) is 24.3 Å². The average molecular weight is 287 g/mol. The van der Waals surface area contributed by atoms with Crippen LogP contribution in [0.2, 0.25) is 10.0 Å². The molecule has 0 aliphatic heterocycles. The number of aromatic nitrogens is 2. The molecule has 0 unspecified atom stereocenters. The van der Waals surface area contributed by atoms with Crippen molar-refractivity contribution in [3.63, 3.8) is 0 Å². The standard InChI is InChI=1S/C12H12Cl2N2S/c1-7(2)10-6-12(17)16(15-10)11-4-3-8(13)5-9(11)14/h3-7,15H,1-2H3. The lowest BCUT2D eigenvalue weighted by molar-refractivity contribution is 0.766. The van der Waals surface area contributed by atoms with Crippen molar-refractivity contribution >= 4 is 35.4 Å². The van der Waals surface area contributed by atoms with Crippen LogP contribution >= 0.6 is 35.4 Å². The van der Waals surface area contributed by atoms with E-state index in [1.165, 1.54) is 0 Å². The van der Waals surface area contributed by atoms with Gasteiger partial charge in [-0.15, -0.1) is 0 Å². The average Bonchev–Trinajstić information content (AvgIpc) is 2.61. The van der Waals surface area contributed by atoms with Crippen LogP contribution in [0.1, 0.15) is 25.5 Å². The van der Waals surface area contributed by atoms with E-state index in [4.69, 9.17) is 35.4 Å². The monoisotopic (exact) mass is 286 g/mol. The topological polar surface area (TPSA) is 20.7 Å². The Bertz CT molecular complexity index is 599. The first-order valence-corrected chi connectivity index (χ1v) is 6.43. The van der Waals surface area contributed by atoms with Crippen molar-refractivity contribution < 1.29 is 0 Å². The number of halogens is 2. The number of benzene rings is 1. The zero-order valence-corrected chi connectivity index (χ0v) is 11.8. The Hall–Kier alpha value is -0.770. The van der Waals surface area contributed by atoms with Crippen LogP contribution in [-0.2, 0) is 0 Å². The van der Waals surface area contributed by atoms with Gasteiger partial charge in [0.15, 0.2) is 0 Å². The van der Waals surface area contributed by atoms with Crippen molar-refractivity contribution in [2.75, 3.05) is 0 Å². The van der Waals surface area contributed by atoms with E-state index in [0.717, 1.165) is 11.4 Å². The molecule has 0 saturated heterocycles. The van der Waals surface area contributed by atoms with Gasteiger partial charge in [0, 0.05) is 10.7 Å². The second-order valence-corrected chi connectivity index (χ2v) is 5.40. The fourth-order valence-electron chi connectivity index (χ4n) is 1.55. The Balaban J connectivity index is 2.57. The Kier molecular flexibility index (Phi) is 3.61. The van der Waals surface area contributed by atoms with E-state index in [-0.39, 0.29) is 0 Å². The number of aromatic amines is 1. The third-order valence-electron chi connectivity index (χ3n) is 2.51. The maximum Gasteiger partial charge on any atom is 0.128 e. The van der Waals surface area contributed by atoms with Gasteiger partial charge in [0.2, 0.25) is 0 Å². The van der Waals surface area contributed by atoms with Gasteiger partial charge < -0.3 is 0 Å². The third-order valence-corrected chi connectivity index (χ3v) is 3.35. The van der Waals surface area contributed by atoms with E-state index >= 15 is 0 Å². The molecule has 0 fully saturated rings. The molecule has 0 aliphatic rings. The van der Waals surface area contributed by atoms with Gasteiger partial charge in [0.1, 0.15) is 4.64 Å². The summed E-state index contributed by atoms with van der Waals surface area (Å²) in [6.45, 7) is 4.21. The molecule has 0 saturated carbocycles. The summed E-state index contributed by atoms with van der Waals surface area (Å²) in [7, 11) is 0. The summed E-state index contributed by atoms with van der Waals surface area (Å²) >= 11 is 17.3. The molecule has 1 heterocycles. The smallest absolute Gasteiger partial charge is 0.128 e. The molecule has 0 radical (unpaired) electrons. The minimum Gasteiger partial charge on any atom is -0.297 e. The fourth-order valence-corrected chi connectivity index (χ4v) is 2.32. The fraction of sp³-hybridized carbons (Fsp3) is 0.250. The summed E-state index contributed by atoms with van der Waals surface area (Å²) in [6, 6.07) is 7.29. The highest BCUT2D eigenvalue weighted by Gasteiger charge is 2.08. The molecule has 5 heteroatoms. The summed E-state index contributed by atoms with van der Waals surface area (Å²) in [4.78, 5) is 0. The van der Waals surface area contributed by atoms with E-state index in [1.54, 1.807) is 16.8 Å². The first kappa shape index (κ1) is 12.7. The van der Waals surface area contributed by atoms with Crippen molar-refractivity contribution in [1.29, 1.82) is 0 Å². The predicted octanol–water partition coefficient (Wildman–Crippen LogP) is 4.97. The lowest BCUT2D eigenvalue weighted by Gasteiger charge is -2.07. The molecule has 2 rings (SSSR count). The minimum atomic E-state index is 0.393. The summed E-state index contributed by atoms with van der Waals surface area (Å²) in [6.07, 6.45) is 0. The van der Waals surface area contributed by atoms with E-state index in [1.807, 2.05) is 12.1 Å². The van der Waals surface area contributed by atoms with E-state index < -0.39 is 0 Å². The molecule has 0 spiro atoms. The van der Waals surface area contributed by atoms with Crippen LogP contribution in [0.3, 0.4) is 0 Å². The number of rotatable bonds is 2.